The van der Waals surface area contributed by atoms with Crippen LogP contribution in [0.25, 0.3) is 0 Å². The van der Waals surface area contributed by atoms with Crippen LogP contribution in [0.1, 0.15) is 24.5 Å². The molecule has 0 radical (unpaired) electrons. The quantitative estimate of drug-likeness (QED) is 0.867. The van der Waals surface area contributed by atoms with Crippen molar-refractivity contribution in [1.29, 1.82) is 0 Å². The minimum atomic E-state index is -0.300. The van der Waals surface area contributed by atoms with Crippen molar-refractivity contribution in [3.05, 3.63) is 30.4 Å². The van der Waals surface area contributed by atoms with Gasteiger partial charge in [-0.25, -0.2) is 14.8 Å². The number of ether oxygens (including phenoxy) is 1. The number of nitrogens with zero attached hydrogens (tertiary/aromatic N) is 5. The Bertz CT molecular complexity index is 714. The van der Waals surface area contributed by atoms with E-state index in [1.807, 2.05) is 27.3 Å². The van der Waals surface area contributed by atoms with Gasteiger partial charge in [0.2, 0.25) is 5.95 Å². The number of carbonyl (C=O) groups is 1. The average Bonchev–Trinajstić information content (AvgIpc) is 3.02. The Hall–Kier alpha value is -2.68. The van der Waals surface area contributed by atoms with Crippen molar-refractivity contribution in [2.24, 2.45) is 7.05 Å². The van der Waals surface area contributed by atoms with E-state index in [0.29, 0.717) is 18.2 Å². The van der Waals surface area contributed by atoms with Gasteiger partial charge in [0.05, 0.1) is 30.3 Å². The van der Waals surface area contributed by atoms with E-state index in [2.05, 4.69) is 25.7 Å². The van der Waals surface area contributed by atoms with Gasteiger partial charge >= 0.3 is 6.03 Å². The van der Waals surface area contributed by atoms with Crippen LogP contribution in [0, 0.1) is 0 Å². The van der Waals surface area contributed by atoms with Gasteiger partial charge in [0.15, 0.2) is 0 Å². The summed E-state index contributed by atoms with van der Waals surface area (Å²) in [6.45, 7) is 0.680. The molecule has 0 saturated carbocycles. The molecular weight excluding hydrogens is 322 g/mol. The van der Waals surface area contributed by atoms with Gasteiger partial charge in [-0.15, -0.1) is 0 Å². The van der Waals surface area contributed by atoms with Crippen LogP contribution < -0.4 is 15.5 Å². The number of amides is 2. The van der Waals surface area contributed by atoms with Crippen LogP contribution in [0.15, 0.2) is 24.8 Å². The van der Waals surface area contributed by atoms with E-state index in [-0.39, 0.29) is 18.2 Å². The van der Waals surface area contributed by atoms with E-state index in [9.17, 15) is 4.79 Å². The highest BCUT2D eigenvalue weighted by molar-refractivity contribution is 5.89. The molecule has 3 heterocycles. The first-order valence-corrected chi connectivity index (χ1v) is 8.20. The summed E-state index contributed by atoms with van der Waals surface area (Å²) in [5.74, 6) is 0.586. The molecule has 0 spiro atoms. The first-order valence-electron chi connectivity index (χ1n) is 8.20. The second-order valence-corrected chi connectivity index (χ2v) is 6.25. The second kappa shape index (κ2) is 7.47. The molecule has 134 valence electrons. The van der Waals surface area contributed by atoms with E-state index in [1.165, 1.54) is 0 Å². The molecule has 2 N–H and O–H groups in total. The Morgan fingerprint density at radius 2 is 2.08 bits per heavy atom. The molecule has 0 aliphatic carbocycles. The number of aromatic nitrogens is 4. The minimum Gasteiger partial charge on any atom is -0.371 e. The molecule has 9 heteroatoms. The number of urea groups is 1. The van der Waals surface area contributed by atoms with Gasteiger partial charge in [-0.1, -0.05) is 0 Å². The summed E-state index contributed by atoms with van der Waals surface area (Å²) < 4.78 is 7.59. The first kappa shape index (κ1) is 17.2. The number of rotatable bonds is 4. The van der Waals surface area contributed by atoms with Crippen molar-refractivity contribution >= 4 is 17.7 Å². The molecule has 2 amide bonds. The van der Waals surface area contributed by atoms with E-state index in [4.69, 9.17) is 4.74 Å². The SMILES string of the molecule is CN(C)c1ncc(NC(=O)N[C@H]2CCCO[C@@H]2c2cnn(C)c2)cn1. The van der Waals surface area contributed by atoms with Crippen molar-refractivity contribution in [2.45, 2.75) is 25.0 Å². The molecular formula is C16H23N7O2. The van der Waals surface area contributed by atoms with Crippen molar-refractivity contribution < 1.29 is 9.53 Å². The van der Waals surface area contributed by atoms with Crippen LogP contribution in [-0.2, 0) is 11.8 Å². The summed E-state index contributed by atoms with van der Waals surface area (Å²) in [7, 11) is 5.58. The standard InChI is InChI=1S/C16H23N7O2/c1-22(2)15-17-8-12(9-18-15)20-16(24)21-13-5-4-6-25-14(13)11-7-19-23(3)10-11/h7-10,13-14H,4-6H2,1-3H3,(H2,20,21,24)/t13-,14+/m0/s1. The lowest BCUT2D eigenvalue weighted by atomic mass is 9.98. The maximum absolute atomic E-state index is 12.3. The molecule has 1 aliphatic rings. The molecule has 0 aromatic carbocycles. The maximum atomic E-state index is 12.3. The summed E-state index contributed by atoms with van der Waals surface area (Å²) in [5, 5.41) is 9.93. The normalized spacial score (nSPS) is 20.1. The number of hydrogen-bond donors (Lipinski definition) is 2. The smallest absolute Gasteiger partial charge is 0.319 e. The van der Waals surface area contributed by atoms with E-state index in [0.717, 1.165) is 18.4 Å². The fraction of sp³-hybridized carbons (Fsp3) is 0.500. The van der Waals surface area contributed by atoms with Crippen LogP contribution in [0.4, 0.5) is 16.4 Å². The summed E-state index contributed by atoms with van der Waals surface area (Å²) in [5.41, 5.74) is 1.50. The van der Waals surface area contributed by atoms with Gasteiger partial charge in [0.25, 0.3) is 0 Å². The third-order valence-corrected chi connectivity index (χ3v) is 3.99. The second-order valence-electron chi connectivity index (χ2n) is 6.25. The summed E-state index contributed by atoms with van der Waals surface area (Å²) in [4.78, 5) is 22.5. The van der Waals surface area contributed by atoms with E-state index in [1.54, 1.807) is 28.2 Å². The number of aryl methyl sites for hydroxylation is 1. The topological polar surface area (TPSA) is 97.2 Å². The lowest BCUT2D eigenvalue weighted by Gasteiger charge is -2.31. The molecule has 2 aromatic rings. The van der Waals surface area contributed by atoms with Gasteiger partial charge in [0.1, 0.15) is 6.10 Å². The third kappa shape index (κ3) is 4.24. The average molecular weight is 345 g/mol. The van der Waals surface area contributed by atoms with Gasteiger partial charge in [0, 0.05) is 39.5 Å². The minimum absolute atomic E-state index is 0.111. The third-order valence-electron chi connectivity index (χ3n) is 3.99. The Kier molecular flexibility index (Phi) is 5.13. The van der Waals surface area contributed by atoms with Gasteiger partial charge in [-0.05, 0) is 12.8 Å². The van der Waals surface area contributed by atoms with Crippen LogP contribution in [0.2, 0.25) is 0 Å². The van der Waals surface area contributed by atoms with Crippen LogP contribution in [0.5, 0.6) is 0 Å². The largest absolute Gasteiger partial charge is 0.371 e. The monoisotopic (exact) mass is 345 g/mol. The van der Waals surface area contributed by atoms with Crippen molar-refractivity contribution in [3.63, 3.8) is 0 Å². The zero-order chi connectivity index (χ0) is 17.8. The molecule has 2 aromatic heterocycles. The van der Waals surface area contributed by atoms with Gasteiger partial charge in [-0.3, -0.25) is 4.68 Å². The first-order chi connectivity index (χ1) is 12.0. The van der Waals surface area contributed by atoms with Crippen LogP contribution in [-0.4, -0.2) is 52.5 Å². The Balaban J connectivity index is 1.62. The lowest BCUT2D eigenvalue weighted by Crippen LogP contribution is -2.44. The molecule has 0 bridgehead atoms. The van der Waals surface area contributed by atoms with E-state index < -0.39 is 0 Å². The molecule has 9 nitrogen and oxygen atoms in total. The van der Waals surface area contributed by atoms with Gasteiger partial charge in [-0.2, -0.15) is 5.10 Å². The fourth-order valence-corrected chi connectivity index (χ4v) is 2.80. The van der Waals surface area contributed by atoms with Crippen molar-refractivity contribution in [3.8, 4) is 0 Å². The highest BCUT2D eigenvalue weighted by Gasteiger charge is 2.29. The lowest BCUT2D eigenvalue weighted by molar-refractivity contribution is -0.00700. The number of anilines is 2. The molecule has 3 rings (SSSR count). The predicted octanol–water partition coefficient (Wildman–Crippen LogP) is 1.32. The highest BCUT2D eigenvalue weighted by atomic mass is 16.5. The predicted molar refractivity (Wildman–Crippen MR) is 93.4 cm³/mol. The van der Waals surface area contributed by atoms with Crippen molar-refractivity contribution in [1.82, 2.24) is 25.1 Å². The molecule has 0 unspecified atom stereocenters. The fourth-order valence-electron chi connectivity index (χ4n) is 2.80. The van der Waals surface area contributed by atoms with Crippen LogP contribution in [0.3, 0.4) is 0 Å². The summed E-state index contributed by atoms with van der Waals surface area (Å²) in [6.07, 6.45) is 8.41. The summed E-state index contributed by atoms with van der Waals surface area (Å²) >= 11 is 0. The molecule has 1 saturated heterocycles. The Morgan fingerprint density at radius 3 is 2.72 bits per heavy atom. The van der Waals surface area contributed by atoms with E-state index >= 15 is 0 Å². The molecule has 25 heavy (non-hydrogen) atoms. The summed E-state index contributed by atoms with van der Waals surface area (Å²) in [6, 6.07) is -0.412. The maximum Gasteiger partial charge on any atom is 0.319 e. The highest BCUT2D eigenvalue weighted by Crippen LogP contribution is 2.28. The Labute approximate surface area is 146 Å². The number of hydrogen-bond acceptors (Lipinski definition) is 6. The number of nitrogens with one attached hydrogen (secondary N) is 2. The Morgan fingerprint density at radius 1 is 1.32 bits per heavy atom. The van der Waals surface area contributed by atoms with Gasteiger partial charge < -0.3 is 20.3 Å². The molecule has 1 fully saturated rings. The number of carbonyl (C=O) groups excluding carboxylic acids is 1. The zero-order valence-electron chi connectivity index (χ0n) is 14.6. The van der Waals surface area contributed by atoms with Crippen molar-refractivity contribution in [2.75, 3.05) is 30.9 Å². The molecule has 1 aliphatic heterocycles. The van der Waals surface area contributed by atoms with Crippen LogP contribution >= 0.6 is 0 Å². The zero-order valence-corrected chi connectivity index (χ0v) is 14.6. The molecule has 2 atom stereocenters.